The molecular formula is C16H11N7O6. The number of non-ortho nitro benzene ring substituents is 2. The molecule has 29 heavy (non-hydrogen) atoms. The first kappa shape index (κ1) is 19.1. The van der Waals surface area contributed by atoms with E-state index in [0.29, 0.717) is 0 Å². The first-order valence-corrected chi connectivity index (χ1v) is 7.85. The van der Waals surface area contributed by atoms with Crippen LogP contribution < -0.4 is 10.7 Å². The third kappa shape index (κ3) is 4.54. The van der Waals surface area contributed by atoms with Crippen LogP contribution in [0.4, 0.5) is 17.1 Å². The van der Waals surface area contributed by atoms with Crippen LogP contribution in [0.5, 0.6) is 0 Å². The maximum Gasteiger partial charge on any atom is 0.277 e. The normalized spacial score (nSPS) is 10.2. The largest absolute Gasteiger partial charge is 0.322 e. The van der Waals surface area contributed by atoms with Gasteiger partial charge in [-0.15, -0.1) is 10.2 Å². The SMILES string of the molecule is O=C(Nc1ccc(C(=O)Nn2cnnc2)cc1)c1cc([N+](=O)[O-])cc([N+](=O)[O-])c1. The van der Waals surface area contributed by atoms with Crippen LogP contribution in [0.2, 0.25) is 0 Å². The van der Waals surface area contributed by atoms with Crippen molar-refractivity contribution < 1.29 is 19.4 Å². The van der Waals surface area contributed by atoms with Gasteiger partial charge in [-0.3, -0.25) is 35.2 Å². The van der Waals surface area contributed by atoms with Gasteiger partial charge in [0.25, 0.3) is 23.2 Å². The fourth-order valence-corrected chi connectivity index (χ4v) is 2.29. The Balaban J connectivity index is 1.74. The van der Waals surface area contributed by atoms with Crippen LogP contribution >= 0.6 is 0 Å². The molecule has 3 rings (SSSR count). The number of nitro benzene ring substituents is 2. The van der Waals surface area contributed by atoms with Gasteiger partial charge in [-0.25, -0.2) is 4.68 Å². The van der Waals surface area contributed by atoms with Gasteiger partial charge >= 0.3 is 0 Å². The predicted octanol–water partition coefficient (Wildman–Crippen LogP) is 1.73. The van der Waals surface area contributed by atoms with E-state index in [1.165, 1.54) is 41.6 Å². The molecule has 0 radical (unpaired) electrons. The van der Waals surface area contributed by atoms with Crippen LogP contribution in [-0.4, -0.2) is 36.5 Å². The molecule has 0 fully saturated rings. The highest BCUT2D eigenvalue weighted by Crippen LogP contribution is 2.23. The van der Waals surface area contributed by atoms with Crippen molar-refractivity contribution in [3.8, 4) is 0 Å². The van der Waals surface area contributed by atoms with Gasteiger partial charge in [0.2, 0.25) is 0 Å². The number of aromatic nitrogens is 3. The first-order chi connectivity index (χ1) is 13.8. The fourth-order valence-electron chi connectivity index (χ4n) is 2.29. The molecule has 0 aliphatic rings. The van der Waals surface area contributed by atoms with E-state index >= 15 is 0 Å². The number of carbonyl (C=O) groups is 2. The third-order valence-corrected chi connectivity index (χ3v) is 3.64. The summed E-state index contributed by atoms with van der Waals surface area (Å²) < 4.78 is 1.26. The summed E-state index contributed by atoms with van der Waals surface area (Å²) in [4.78, 5) is 44.6. The van der Waals surface area contributed by atoms with Crippen LogP contribution in [0.25, 0.3) is 0 Å². The number of hydrogen-bond acceptors (Lipinski definition) is 8. The van der Waals surface area contributed by atoms with E-state index in [2.05, 4.69) is 20.9 Å². The quantitative estimate of drug-likeness (QED) is 0.467. The molecule has 0 bridgehead atoms. The van der Waals surface area contributed by atoms with E-state index in [1.807, 2.05) is 0 Å². The van der Waals surface area contributed by atoms with Crippen molar-refractivity contribution in [2.75, 3.05) is 10.7 Å². The molecule has 2 amide bonds. The molecule has 0 saturated heterocycles. The molecule has 13 nitrogen and oxygen atoms in total. The zero-order valence-electron chi connectivity index (χ0n) is 14.4. The highest BCUT2D eigenvalue weighted by molar-refractivity contribution is 6.05. The molecule has 1 aromatic heterocycles. The van der Waals surface area contributed by atoms with Crippen LogP contribution in [0.3, 0.4) is 0 Å². The van der Waals surface area contributed by atoms with Gasteiger partial charge in [0, 0.05) is 23.4 Å². The average molecular weight is 397 g/mol. The molecule has 0 spiro atoms. The monoisotopic (exact) mass is 397 g/mol. The van der Waals surface area contributed by atoms with E-state index in [0.717, 1.165) is 18.2 Å². The summed E-state index contributed by atoms with van der Waals surface area (Å²) in [5.41, 5.74) is 1.65. The molecule has 0 aliphatic carbocycles. The highest BCUT2D eigenvalue weighted by atomic mass is 16.6. The lowest BCUT2D eigenvalue weighted by atomic mass is 10.1. The topological polar surface area (TPSA) is 175 Å². The summed E-state index contributed by atoms with van der Waals surface area (Å²) >= 11 is 0. The van der Waals surface area contributed by atoms with Crippen molar-refractivity contribution in [1.29, 1.82) is 0 Å². The zero-order valence-corrected chi connectivity index (χ0v) is 14.4. The van der Waals surface area contributed by atoms with Crippen LogP contribution in [0.1, 0.15) is 20.7 Å². The maximum absolute atomic E-state index is 12.3. The van der Waals surface area contributed by atoms with Gasteiger partial charge in [0.05, 0.1) is 21.5 Å². The second-order valence-electron chi connectivity index (χ2n) is 5.59. The van der Waals surface area contributed by atoms with Crippen LogP contribution in [-0.2, 0) is 0 Å². The van der Waals surface area contributed by atoms with Crippen molar-refractivity contribution in [3.05, 3.63) is 86.5 Å². The Labute approximate surface area is 161 Å². The summed E-state index contributed by atoms with van der Waals surface area (Å²) in [7, 11) is 0. The molecule has 0 aliphatic heterocycles. The minimum Gasteiger partial charge on any atom is -0.322 e. The summed E-state index contributed by atoms with van der Waals surface area (Å²) in [5, 5.41) is 31.4. The number of nitro groups is 2. The Hall–Kier alpha value is -4.68. The standard InChI is InChI=1S/C16H11N7O6/c24-15(11-5-13(22(26)27)7-14(6-11)23(28)29)19-12-3-1-10(2-4-12)16(25)20-21-8-17-18-9-21/h1-9H,(H,19,24)(H,20,25). The Morgan fingerprint density at radius 1 is 0.828 bits per heavy atom. The molecule has 2 N–H and O–H groups in total. The van der Waals surface area contributed by atoms with Gasteiger partial charge in [0.15, 0.2) is 0 Å². The van der Waals surface area contributed by atoms with Crippen molar-refractivity contribution >= 4 is 28.9 Å². The van der Waals surface area contributed by atoms with E-state index in [-0.39, 0.29) is 16.8 Å². The number of anilines is 1. The second kappa shape index (κ2) is 7.91. The van der Waals surface area contributed by atoms with Crippen molar-refractivity contribution in [1.82, 2.24) is 14.9 Å². The Bertz CT molecular complexity index is 1060. The molecule has 0 saturated carbocycles. The molecule has 13 heteroatoms. The van der Waals surface area contributed by atoms with Crippen molar-refractivity contribution in [3.63, 3.8) is 0 Å². The molecule has 3 aromatic rings. The van der Waals surface area contributed by atoms with Crippen molar-refractivity contribution in [2.45, 2.75) is 0 Å². The Morgan fingerprint density at radius 3 is 1.90 bits per heavy atom. The Kier molecular flexibility index (Phi) is 5.21. The fraction of sp³-hybridized carbons (Fsp3) is 0. The first-order valence-electron chi connectivity index (χ1n) is 7.85. The second-order valence-corrected chi connectivity index (χ2v) is 5.59. The molecule has 2 aromatic carbocycles. The van der Waals surface area contributed by atoms with E-state index in [1.54, 1.807) is 0 Å². The molecular weight excluding hydrogens is 386 g/mol. The number of benzene rings is 2. The van der Waals surface area contributed by atoms with Gasteiger partial charge in [-0.05, 0) is 24.3 Å². The predicted molar refractivity (Wildman–Crippen MR) is 97.9 cm³/mol. The van der Waals surface area contributed by atoms with E-state index in [4.69, 9.17) is 0 Å². The maximum atomic E-state index is 12.3. The average Bonchev–Trinajstić information content (AvgIpc) is 3.21. The number of rotatable bonds is 6. The number of nitrogens with one attached hydrogen (secondary N) is 2. The molecule has 0 unspecified atom stereocenters. The van der Waals surface area contributed by atoms with Gasteiger partial charge < -0.3 is 5.32 Å². The minimum absolute atomic E-state index is 0.250. The van der Waals surface area contributed by atoms with Crippen LogP contribution in [0, 0.1) is 20.2 Å². The highest BCUT2D eigenvalue weighted by Gasteiger charge is 2.20. The number of carbonyl (C=O) groups excluding carboxylic acids is 2. The minimum atomic E-state index is -0.826. The van der Waals surface area contributed by atoms with Gasteiger partial charge in [-0.1, -0.05) is 0 Å². The summed E-state index contributed by atoms with van der Waals surface area (Å²) in [5.74, 6) is -1.23. The Morgan fingerprint density at radius 2 is 1.38 bits per heavy atom. The summed E-state index contributed by atoms with van der Waals surface area (Å²) in [6, 6.07) is 8.37. The summed E-state index contributed by atoms with van der Waals surface area (Å²) in [6.07, 6.45) is 2.59. The van der Waals surface area contributed by atoms with Gasteiger partial charge in [-0.2, -0.15) is 0 Å². The molecule has 1 heterocycles. The lowest BCUT2D eigenvalue weighted by Crippen LogP contribution is -2.21. The van der Waals surface area contributed by atoms with Gasteiger partial charge in [0.1, 0.15) is 12.7 Å². The third-order valence-electron chi connectivity index (χ3n) is 3.64. The zero-order chi connectivity index (χ0) is 21.0. The number of amides is 2. The summed E-state index contributed by atoms with van der Waals surface area (Å²) in [6.45, 7) is 0. The lowest BCUT2D eigenvalue weighted by molar-refractivity contribution is -0.394. The smallest absolute Gasteiger partial charge is 0.277 e. The molecule has 146 valence electrons. The number of nitrogens with zero attached hydrogens (tertiary/aromatic N) is 5. The van der Waals surface area contributed by atoms with E-state index < -0.39 is 33.0 Å². The lowest BCUT2D eigenvalue weighted by Gasteiger charge is -2.08. The number of hydrogen-bond donors (Lipinski definition) is 2. The van der Waals surface area contributed by atoms with Crippen LogP contribution in [0.15, 0.2) is 55.1 Å². The van der Waals surface area contributed by atoms with E-state index in [9.17, 15) is 29.8 Å². The molecule has 0 atom stereocenters. The van der Waals surface area contributed by atoms with Crippen molar-refractivity contribution in [2.24, 2.45) is 0 Å².